The second kappa shape index (κ2) is 4.80. The third kappa shape index (κ3) is 2.18. The molecule has 0 saturated carbocycles. The van der Waals surface area contributed by atoms with Crippen LogP contribution in [0.4, 0.5) is 0 Å². The van der Waals surface area contributed by atoms with E-state index in [-0.39, 0.29) is 11.9 Å². The van der Waals surface area contributed by atoms with Gasteiger partial charge in [0.2, 0.25) is 11.7 Å². The van der Waals surface area contributed by atoms with E-state index in [1.54, 1.807) is 26.2 Å². The van der Waals surface area contributed by atoms with Crippen LogP contribution in [-0.4, -0.2) is 43.9 Å². The van der Waals surface area contributed by atoms with Gasteiger partial charge in [0, 0.05) is 28.2 Å². The number of ether oxygens (including phenoxy) is 2. The lowest BCUT2D eigenvalue weighted by atomic mass is 9.96. The Morgan fingerprint density at radius 2 is 2.00 bits per heavy atom. The highest BCUT2D eigenvalue weighted by Crippen LogP contribution is 2.29. The molecule has 0 radical (unpaired) electrons. The minimum Gasteiger partial charge on any atom is -0.348 e. The van der Waals surface area contributed by atoms with E-state index in [0.717, 1.165) is 5.57 Å². The Hall–Kier alpha value is -1.13. The molecule has 90 valence electrons. The lowest BCUT2D eigenvalue weighted by molar-refractivity contribution is -0.200. The van der Waals surface area contributed by atoms with Crippen LogP contribution in [0.1, 0.15) is 13.8 Å². The fourth-order valence-corrected chi connectivity index (χ4v) is 1.87. The van der Waals surface area contributed by atoms with E-state index in [0.29, 0.717) is 0 Å². The first-order chi connectivity index (χ1) is 7.46. The van der Waals surface area contributed by atoms with Gasteiger partial charge in [0.15, 0.2) is 0 Å². The highest BCUT2D eigenvalue weighted by Gasteiger charge is 2.41. The monoisotopic (exact) mass is 225 g/mol. The standard InChI is InChI=1S/C12H19NO3/c1-9-6-7-11(13(3)10(2)14)12(8-9,15-4)16-5/h6-8,11H,1-5H3. The van der Waals surface area contributed by atoms with Crippen molar-refractivity contribution >= 4 is 5.91 Å². The van der Waals surface area contributed by atoms with Crippen molar-refractivity contribution in [2.45, 2.75) is 25.7 Å². The van der Waals surface area contributed by atoms with Crippen molar-refractivity contribution in [2.75, 3.05) is 21.3 Å². The fourth-order valence-electron chi connectivity index (χ4n) is 1.87. The van der Waals surface area contributed by atoms with E-state index in [4.69, 9.17) is 9.47 Å². The summed E-state index contributed by atoms with van der Waals surface area (Å²) in [6.07, 6.45) is 5.77. The zero-order valence-corrected chi connectivity index (χ0v) is 10.5. The third-order valence-corrected chi connectivity index (χ3v) is 2.93. The number of methoxy groups -OCH3 is 2. The summed E-state index contributed by atoms with van der Waals surface area (Å²) in [5, 5.41) is 0. The molecule has 0 heterocycles. The molecule has 0 aromatic carbocycles. The van der Waals surface area contributed by atoms with Gasteiger partial charge in [-0.1, -0.05) is 12.2 Å². The van der Waals surface area contributed by atoms with E-state index in [9.17, 15) is 4.79 Å². The molecule has 4 nitrogen and oxygen atoms in total. The Morgan fingerprint density at radius 3 is 2.44 bits per heavy atom. The normalized spacial score (nSPS) is 22.8. The molecule has 0 N–H and O–H groups in total. The van der Waals surface area contributed by atoms with Crippen molar-refractivity contribution < 1.29 is 14.3 Å². The van der Waals surface area contributed by atoms with Crippen LogP contribution < -0.4 is 0 Å². The summed E-state index contributed by atoms with van der Waals surface area (Å²) in [4.78, 5) is 13.0. The van der Waals surface area contributed by atoms with Crippen LogP contribution in [0.15, 0.2) is 23.8 Å². The van der Waals surface area contributed by atoms with E-state index in [1.165, 1.54) is 6.92 Å². The largest absolute Gasteiger partial charge is 0.348 e. The second-order valence-corrected chi connectivity index (χ2v) is 3.95. The van der Waals surface area contributed by atoms with Gasteiger partial charge in [0.1, 0.15) is 6.04 Å². The molecule has 0 aromatic rings. The SMILES string of the molecule is COC1(OC)C=C(C)C=CC1N(C)C(C)=O. The predicted molar refractivity (Wildman–Crippen MR) is 61.9 cm³/mol. The van der Waals surface area contributed by atoms with Crippen molar-refractivity contribution in [1.29, 1.82) is 0 Å². The average Bonchev–Trinajstić information content (AvgIpc) is 2.27. The van der Waals surface area contributed by atoms with Gasteiger partial charge in [-0.2, -0.15) is 0 Å². The van der Waals surface area contributed by atoms with Crippen LogP contribution in [0.2, 0.25) is 0 Å². The van der Waals surface area contributed by atoms with Gasteiger partial charge < -0.3 is 14.4 Å². The third-order valence-electron chi connectivity index (χ3n) is 2.93. The summed E-state index contributed by atoms with van der Waals surface area (Å²) >= 11 is 0. The Bertz CT molecular complexity index is 329. The lowest BCUT2D eigenvalue weighted by Gasteiger charge is -2.41. The quantitative estimate of drug-likeness (QED) is 0.680. The molecule has 1 atom stereocenters. The maximum Gasteiger partial charge on any atom is 0.219 e. The van der Waals surface area contributed by atoms with Gasteiger partial charge in [-0.15, -0.1) is 0 Å². The summed E-state index contributed by atoms with van der Waals surface area (Å²) in [5.74, 6) is -0.916. The number of likely N-dealkylation sites (N-methyl/N-ethyl adjacent to an activating group) is 1. The van der Waals surface area contributed by atoms with E-state index < -0.39 is 5.79 Å². The number of allylic oxidation sites excluding steroid dienone is 2. The van der Waals surface area contributed by atoms with E-state index >= 15 is 0 Å². The van der Waals surface area contributed by atoms with Crippen molar-refractivity contribution in [3.63, 3.8) is 0 Å². The molecule has 0 aliphatic heterocycles. The van der Waals surface area contributed by atoms with Crippen LogP contribution in [0, 0.1) is 0 Å². The Balaban J connectivity index is 3.08. The van der Waals surface area contributed by atoms with Crippen molar-refractivity contribution in [2.24, 2.45) is 0 Å². The fraction of sp³-hybridized carbons (Fsp3) is 0.583. The molecule has 0 aromatic heterocycles. The summed E-state index contributed by atoms with van der Waals surface area (Å²) in [6, 6.07) is -0.247. The maximum atomic E-state index is 11.4. The van der Waals surface area contributed by atoms with Crippen LogP contribution in [0.5, 0.6) is 0 Å². The van der Waals surface area contributed by atoms with Crippen LogP contribution in [0.25, 0.3) is 0 Å². The van der Waals surface area contributed by atoms with Crippen molar-refractivity contribution in [1.82, 2.24) is 4.90 Å². The van der Waals surface area contributed by atoms with Gasteiger partial charge in [0.05, 0.1) is 0 Å². The Morgan fingerprint density at radius 1 is 1.44 bits per heavy atom. The molecule has 0 fully saturated rings. The summed E-state index contributed by atoms with van der Waals surface area (Å²) in [6.45, 7) is 3.49. The first-order valence-corrected chi connectivity index (χ1v) is 5.18. The Kier molecular flexibility index (Phi) is 3.88. The number of carbonyl (C=O) groups is 1. The van der Waals surface area contributed by atoms with E-state index in [2.05, 4.69) is 0 Å². The molecule has 16 heavy (non-hydrogen) atoms. The van der Waals surface area contributed by atoms with Crippen LogP contribution in [0.3, 0.4) is 0 Å². The average molecular weight is 225 g/mol. The highest BCUT2D eigenvalue weighted by atomic mass is 16.7. The number of hydrogen-bond donors (Lipinski definition) is 0. The maximum absolute atomic E-state index is 11.4. The molecule has 0 spiro atoms. The topological polar surface area (TPSA) is 38.8 Å². The molecule has 1 amide bonds. The molecule has 0 bridgehead atoms. The Labute approximate surface area is 96.5 Å². The molecule has 1 rings (SSSR count). The number of hydrogen-bond acceptors (Lipinski definition) is 3. The number of nitrogens with zero attached hydrogens (tertiary/aromatic N) is 1. The second-order valence-electron chi connectivity index (χ2n) is 3.95. The van der Waals surface area contributed by atoms with Gasteiger partial charge in [0.25, 0.3) is 0 Å². The van der Waals surface area contributed by atoms with Crippen LogP contribution in [-0.2, 0) is 14.3 Å². The number of amides is 1. The zero-order chi connectivity index (χ0) is 12.3. The van der Waals surface area contributed by atoms with Crippen molar-refractivity contribution in [3.05, 3.63) is 23.8 Å². The van der Waals surface area contributed by atoms with Gasteiger partial charge in [-0.05, 0) is 18.6 Å². The molecular formula is C12H19NO3. The van der Waals surface area contributed by atoms with Gasteiger partial charge in [-0.3, -0.25) is 4.79 Å². The van der Waals surface area contributed by atoms with Crippen molar-refractivity contribution in [3.8, 4) is 0 Å². The smallest absolute Gasteiger partial charge is 0.219 e. The first-order valence-electron chi connectivity index (χ1n) is 5.18. The summed E-state index contributed by atoms with van der Waals surface area (Å²) in [7, 11) is 4.89. The minimum atomic E-state index is -0.890. The number of rotatable bonds is 3. The van der Waals surface area contributed by atoms with Crippen LogP contribution >= 0.6 is 0 Å². The molecule has 4 heteroatoms. The molecule has 1 aliphatic rings. The van der Waals surface area contributed by atoms with Gasteiger partial charge in [-0.25, -0.2) is 0 Å². The molecular weight excluding hydrogens is 206 g/mol. The van der Waals surface area contributed by atoms with E-state index in [1.807, 2.05) is 25.2 Å². The minimum absolute atomic E-state index is 0.0268. The first kappa shape index (κ1) is 12.9. The summed E-state index contributed by atoms with van der Waals surface area (Å²) < 4.78 is 10.9. The molecule has 1 aliphatic carbocycles. The summed E-state index contributed by atoms with van der Waals surface area (Å²) in [5.41, 5.74) is 1.05. The molecule has 0 saturated heterocycles. The molecule has 1 unspecified atom stereocenters. The predicted octanol–water partition coefficient (Wildman–Crippen LogP) is 1.34. The number of carbonyl (C=O) groups excluding carboxylic acids is 1. The zero-order valence-electron chi connectivity index (χ0n) is 10.5. The van der Waals surface area contributed by atoms with Gasteiger partial charge >= 0.3 is 0 Å². The lowest BCUT2D eigenvalue weighted by Crippen LogP contribution is -2.54. The highest BCUT2D eigenvalue weighted by molar-refractivity contribution is 5.73.